The van der Waals surface area contributed by atoms with Gasteiger partial charge in [-0.25, -0.2) is 0 Å². The second-order valence-electron chi connectivity index (χ2n) is 18.7. The maximum atomic E-state index is 14.2. The average Bonchev–Trinajstić information content (AvgIpc) is 3.86. The van der Waals surface area contributed by atoms with Crippen LogP contribution in [-0.4, -0.2) is 155 Å². The number of aromatic hydroxyl groups is 1. The van der Waals surface area contributed by atoms with Gasteiger partial charge in [-0.2, -0.15) is 0 Å². The number of nitrogens with two attached hydrogens (primary N) is 5. The lowest BCUT2D eigenvalue weighted by Gasteiger charge is -2.27. The molecule has 8 unspecified atom stereocenters. The molecule has 416 valence electrons. The molecule has 1 saturated heterocycles. The van der Waals surface area contributed by atoms with Crippen molar-refractivity contribution in [1.29, 1.82) is 0 Å². The van der Waals surface area contributed by atoms with Crippen molar-refractivity contribution in [2.75, 3.05) is 26.2 Å². The quantitative estimate of drug-likeness (QED) is 0.0198. The number of primary amides is 2. The van der Waals surface area contributed by atoms with E-state index in [4.69, 9.17) is 28.7 Å². The van der Waals surface area contributed by atoms with E-state index in [9.17, 15) is 57.8 Å². The summed E-state index contributed by atoms with van der Waals surface area (Å²) in [4.78, 5) is 150. The first-order valence-corrected chi connectivity index (χ1v) is 24.7. The number of hydrogen-bond donors (Lipinski definition) is 14. The molecule has 0 radical (unpaired) electrons. The minimum Gasteiger partial charge on any atom is -0.508 e. The summed E-state index contributed by atoms with van der Waals surface area (Å²) in [6, 6.07) is 4.76. The zero-order chi connectivity index (χ0) is 56.6. The highest BCUT2D eigenvalue weighted by atomic mass is 16.3. The van der Waals surface area contributed by atoms with E-state index in [2.05, 4.69) is 47.5 Å². The number of aliphatic imine (C=N–C) groups is 1. The summed E-state index contributed by atoms with van der Waals surface area (Å²) >= 11 is 0. The van der Waals surface area contributed by atoms with Crippen molar-refractivity contribution in [3.63, 3.8) is 0 Å². The number of phenols is 1. The van der Waals surface area contributed by atoms with Crippen LogP contribution in [0.25, 0.3) is 0 Å². The lowest BCUT2D eigenvalue weighted by Crippen LogP contribution is -2.58. The Morgan fingerprint density at radius 2 is 1.21 bits per heavy atom. The van der Waals surface area contributed by atoms with Gasteiger partial charge in [-0.3, -0.25) is 57.7 Å². The van der Waals surface area contributed by atoms with Gasteiger partial charge >= 0.3 is 0 Å². The molecule has 11 amide bonds. The van der Waals surface area contributed by atoms with E-state index < -0.39 is 132 Å². The fourth-order valence-electron chi connectivity index (χ4n) is 7.84. The molecule has 27 nitrogen and oxygen atoms in total. The summed E-state index contributed by atoms with van der Waals surface area (Å²) < 4.78 is 0. The highest BCUT2D eigenvalue weighted by Gasteiger charge is 2.37. The number of nitrogens with zero attached hydrogens (tertiary/aromatic N) is 2. The fourth-order valence-corrected chi connectivity index (χ4v) is 7.84. The zero-order valence-electron chi connectivity index (χ0n) is 43.1. The Hall–Kier alpha value is -8.36. The number of amides is 11. The molecule has 0 bridgehead atoms. The predicted molar refractivity (Wildman–Crippen MR) is 276 cm³/mol. The van der Waals surface area contributed by atoms with E-state index in [1.807, 2.05) is 0 Å². The van der Waals surface area contributed by atoms with Crippen LogP contribution >= 0.6 is 0 Å². The molecule has 1 fully saturated rings. The Labute approximate surface area is 439 Å². The lowest BCUT2D eigenvalue weighted by atomic mass is 10.0. The Morgan fingerprint density at radius 3 is 1.79 bits per heavy atom. The monoisotopic (exact) mass is 1060 g/mol. The molecular weight excluding hydrogens is 991 g/mol. The number of carbonyl (C=O) groups is 11. The number of likely N-dealkylation sites (tertiary alicyclic amines) is 1. The van der Waals surface area contributed by atoms with Gasteiger partial charge in [0, 0.05) is 32.4 Å². The van der Waals surface area contributed by atoms with Gasteiger partial charge in [0.2, 0.25) is 65.0 Å². The molecule has 3 rings (SSSR count). The highest BCUT2D eigenvalue weighted by molar-refractivity contribution is 5.98. The van der Waals surface area contributed by atoms with E-state index in [1.165, 1.54) is 43.0 Å². The van der Waals surface area contributed by atoms with Crippen LogP contribution in [0.15, 0.2) is 59.6 Å². The molecule has 19 N–H and O–H groups in total. The molecule has 0 aliphatic carbocycles. The number of benzene rings is 2. The number of hydrogen-bond acceptors (Lipinski definition) is 14. The second-order valence-corrected chi connectivity index (χ2v) is 18.7. The maximum absolute atomic E-state index is 14.2. The average molecular weight is 1060 g/mol. The van der Waals surface area contributed by atoms with Crippen molar-refractivity contribution >= 4 is 70.9 Å². The van der Waals surface area contributed by atoms with Crippen molar-refractivity contribution < 1.29 is 57.8 Å². The summed E-state index contributed by atoms with van der Waals surface area (Å²) in [6.07, 6.45) is 0.408. The van der Waals surface area contributed by atoms with Crippen LogP contribution in [-0.2, 0) is 65.6 Å². The molecule has 0 aromatic heterocycles. The number of carbonyl (C=O) groups excluding carboxylic acids is 11. The summed E-state index contributed by atoms with van der Waals surface area (Å²) in [7, 11) is 0. The molecule has 1 heterocycles. The number of phenolic OH excluding ortho intramolecular Hbond substituents is 1. The standard InChI is InChI=1S/C49H73N15O12/c1-26(2)40(47(75)60-32(41(52)69)12-8-20-55-49(53)54)63-39(68)25-57-43(71)34(23-30-14-16-31(65)17-15-30)62-45(73)35(22-29-10-6-5-7-11-29)59-38(67)24-56-42(70)28(4)58-44(72)33(18-19-37(51)66)61-46(74)36-13-9-21-64(36)48(76)27(3)50/h5-7,10-11,14-17,26-28,32-36,40,65H,8-9,12-13,18-25,50H2,1-4H3,(H2,51,66)(H2,52,69)(H,56,70)(H,57,71)(H,58,72)(H,59,67)(H,60,75)(H,61,74)(H,62,73)(H,63,68)(H4,53,54,55). The number of rotatable bonds is 30. The molecule has 2 aromatic carbocycles. The molecule has 1 aliphatic heterocycles. The van der Waals surface area contributed by atoms with Crippen molar-refractivity contribution in [1.82, 2.24) is 47.4 Å². The van der Waals surface area contributed by atoms with Gasteiger partial charge < -0.3 is 81.2 Å². The first kappa shape index (κ1) is 61.9. The van der Waals surface area contributed by atoms with Gasteiger partial charge in [-0.05, 0) is 75.1 Å². The van der Waals surface area contributed by atoms with Crippen LogP contribution in [0.3, 0.4) is 0 Å². The molecule has 76 heavy (non-hydrogen) atoms. The Morgan fingerprint density at radius 1 is 0.645 bits per heavy atom. The summed E-state index contributed by atoms with van der Waals surface area (Å²) in [5.74, 6) is -9.22. The first-order chi connectivity index (χ1) is 35.9. The van der Waals surface area contributed by atoms with Crippen LogP contribution < -0.4 is 71.2 Å². The summed E-state index contributed by atoms with van der Waals surface area (Å²) in [5.41, 5.74) is 28.3. The Bertz CT molecular complexity index is 2400. The minimum absolute atomic E-state index is 0.0749. The van der Waals surface area contributed by atoms with E-state index in [0.717, 1.165) is 0 Å². The normalized spacial score (nSPS) is 15.7. The number of nitrogens with one attached hydrogen (secondary N) is 8. The Balaban J connectivity index is 1.72. The van der Waals surface area contributed by atoms with Crippen molar-refractivity contribution in [2.24, 2.45) is 39.6 Å². The van der Waals surface area contributed by atoms with Crippen molar-refractivity contribution in [2.45, 2.75) is 127 Å². The van der Waals surface area contributed by atoms with Crippen molar-refractivity contribution in [3.8, 4) is 5.75 Å². The third-order valence-corrected chi connectivity index (χ3v) is 12.0. The molecule has 2 aromatic rings. The van der Waals surface area contributed by atoms with Crippen LogP contribution in [0.5, 0.6) is 5.75 Å². The van der Waals surface area contributed by atoms with E-state index >= 15 is 0 Å². The van der Waals surface area contributed by atoms with Gasteiger partial charge in [0.05, 0.1) is 19.1 Å². The van der Waals surface area contributed by atoms with Gasteiger partial charge in [0.25, 0.3) is 0 Å². The van der Waals surface area contributed by atoms with E-state index in [-0.39, 0.29) is 56.9 Å². The smallest absolute Gasteiger partial charge is 0.243 e. The third-order valence-electron chi connectivity index (χ3n) is 12.0. The van der Waals surface area contributed by atoms with Gasteiger partial charge in [0.15, 0.2) is 5.96 Å². The van der Waals surface area contributed by atoms with Crippen LogP contribution in [0, 0.1) is 5.92 Å². The summed E-state index contributed by atoms with van der Waals surface area (Å²) in [6.45, 7) is 5.14. The molecule has 8 atom stereocenters. The van der Waals surface area contributed by atoms with Crippen LogP contribution in [0.1, 0.15) is 77.3 Å². The summed E-state index contributed by atoms with van der Waals surface area (Å²) in [5, 5.41) is 30.0. The Kier molecular flexibility index (Phi) is 25.1. The van der Waals surface area contributed by atoms with Gasteiger partial charge in [0.1, 0.15) is 48.0 Å². The lowest BCUT2D eigenvalue weighted by molar-refractivity contribution is -0.140. The molecular formula is C49H73N15O12. The zero-order valence-corrected chi connectivity index (χ0v) is 43.1. The maximum Gasteiger partial charge on any atom is 0.243 e. The first-order valence-electron chi connectivity index (χ1n) is 24.7. The van der Waals surface area contributed by atoms with Crippen LogP contribution in [0.4, 0.5) is 0 Å². The predicted octanol–water partition coefficient (Wildman–Crippen LogP) is -4.86. The minimum atomic E-state index is -1.39. The fraction of sp³-hybridized carbons (Fsp3) is 0.510. The second kappa shape index (κ2) is 30.7. The largest absolute Gasteiger partial charge is 0.508 e. The van der Waals surface area contributed by atoms with Gasteiger partial charge in [-0.1, -0.05) is 56.3 Å². The molecule has 0 spiro atoms. The topological polar surface area (TPSA) is 450 Å². The highest BCUT2D eigenvalue weighted by Crippen LogP contribution is 2.19. The van der Waals surface area contributed by atoms with E-state index in [1.54, 1.807) is 44.2 Å². The van der Waals surface area contributed by atoms with Crippen molar-refractivity contribution in [3.05, 3.63) is 65.7 Å². The molecule has 27 heteroatoms. The number of guanidine groups is 1. The third kappa shape index (κ3) is 21.2. The molecule has 0 saturated carbocycles. The van der Waals surface area contributed by atoms with Gasteiger partial charge in [-0.15, -0.1) is 0 Å². The van der Waals surface area contributed by atoms with E-state index in [0.29, 0.717) is 30.4 Å². The SMILES string of the molecule is CC(N)C(=O)N1CCCC1C(=O)NC(CCC(N)=O)C(=O)NC(C)C(=O)NCC(=O)NC(Cc1ccccc1)C(=O)NC(Cc1ccc(O)cc1)C(=O)NCC(=O)NC(C(=O)NC(CCCN=C(N)N)C(N)=O)C(C)C. The van der Waals surface area contributed by atoms with Crippen LogP contribution in [0.2, 0.25) is 0 Å². The molecule has 1 aliphatic rings.